The maximum absolute atomic E-state index is 10.7. The summed E-state index contributed by atoms with van der Waals surface area (Å²) in [6.45, 7) is 6.53. The van der Waals surface area contributed by atoms with E-state index in [4.69, 9.17) is 4.84 Å². The molecule has 0 saturated carbocycles. The lowest BCUT2D eigenvalue weighted by molar-refractivity contribution is -0.222. The average molecular weight is 171 g/mol. The molecule has 0 aromatic rings. The van der Waals surface area contributed by atoms with Gasteiger partial charge in [-0.15, -0.1) is 5.06 Å². The van der Waals surface area contributed by atoms with Crippen LogP contribution in [0.2, 0.25) is 0 Å². The molecule has 3 nitrogen and oxygen atoms in total. The first-order valence-corrected chi connectivity index (χ1v) is 4.48. The van der Waals surface area contributed by atoms with E-state index in [1.54, 1.807) is 5.06 Å². The van der Waals surface area contributed by atoms with Gasteiger partial charge in [0.15, 0.2) is 0 Å². The zero-order valence-corrected chi connectivity index (χ0v) is 8.09. The van der Waals surface area contributed by atoms with Crippen molar-refractivity contribution in [2.75, 3.05) is 6.54 Å². The van der Waals surface area contributed by atoms with Gasteiger partial charge in [0, 0.05) is 13.5 Å². The predicted octanol–water partition coefficient (Wildman–Crippen LogP) is 1.73. The number of carbonyl (C=O) groups is 1. The Balaban J connectivity index is 2.54. The van der Waals surface area contributed by atoms with Crippen LogP contribution >= 0.6 is 0 Å². The summed E-state index contributed by atoms with van der Waals surface area (Å²) in [4.78, 5) is 15.8. The fourth-order valence-electron chi connectivity index (χ4n) is 1.56. The summed E-state index contributed by atoms with van der Waals surface area (Å²) < 4.78 is 0. The molecule has 0 amide bonds. The van der Waals surface area contributed by atoms with Crippen LogP contribution in [0.5, 0.6) is 0 Å². The molecule has 0 unspecified atom stereocenters. The molecule has 0 bridgehead atoms. The zero-order valence-electron chi connectivity index (χ0n) is 8.09. The SMILES string of the molecule is CC(=O)ON1CCCCC1(C)C. The lowest BCUT2D eigenvalue weighted by atomic mass is 9.93. The van der Waals surface area contributed by atoms with Crippen LogP contribution < -0.4 is 0 Å². The number of rotatable bonds is 1. The third-order valence-electron chi connectivity index (χ3n) is 2.31. The molecule has 70 valence electrons. The van der Waals surface area contributed by atoms with Crippen molar-refractivity contribution in [2.24, 2.45) is 0 Å². The highest BCUT2D eigenvalue weighted by Gasteiger charge is 2.31. The molecular weight excluding hydrogens is 154 g/mol. The van der Waals surface area contributed by atoms with Crippen molar-refractivity contribution in [1.82, 2.24) is 5.06 Å². The maximum atomic E-state index is 10.7. The van der Waals surface area contributed by atoms with Crippen LogP contribution in [0.4, 0.5) is 0 Å². The highest BCUT2D eigenvalue weighted by atomic mass is 16.7. The van der Waals surface area contributed by atoms with Crippen LogP contribution in [0, 0.1) is 0 Å². The van der Waals surface area contributed by atoms with Crippen LogP contribution in [-0.4, -0.2) is 23.1 Å². The van der Waals surface area contributed by atoms with E-state index >= 15 is 0 Å². The lowest BCUT2D eigenvalue weighted by Gasteiger charge is -2.39. The lowest BCUT2D eigenvalue weighted by Crippen LogP contribution is -2.47. The summed E-state index contributed by atoms with van der Waals surface area (Å²) in [6.07, 6.45) is 3.45. The molecule has 1 aliphatic rings. The molecule has 0 radical (unpaired) electrons. The number of hydrogen-bond acceptors (Lipinski definition) is 3. The van der Waals surface area contributed by atoms with Crippen molar-refractivity contribution in [3.05, 3.63) is 0 Å². The highest BCUT2D eigenvalue weighted by molar-refractivity contribution is 5.65. The van der Waals surface area contributed by atoms with Gasteiger partial charge < -0.3 is 4.84 Å². The Kier molecular flexibility index (Phi) is 2.73. The van der Waals surface area contributed by atoms with Crippen LogP contribution in [0.25, 0.3) is 0 Å². The van der Waals surface area contributed by atoms with Gasteiger partial charge in [0.2, 0.25) is 0 Å². The van der Waals surface area contributed by atoms with E-state index in [0.29, 0.717) is 0 Å². The monoisotopic (exact) mass is 171 g/mol. The Morgan fingerprint density at radius 1 is 1.42 bits per heavy atom. The molecule has 1 rings (SSSR count). The normalized spacial score (nSPS) is 23.6. The molecule has 12 heavy (non-hydrogen) atoms. The standard InChI is InChI=1S/C9H17NO2/c1-8(11)12-10-7-5-4-6-9(10,2)3/h4-7H2,1-3H3. The van der Waals surface area contributed by atoms with Crippen molar-refractivity contribution in [3.8, 4) is 0 Å². The van der Waals surface area contributed by atoms with Crippen LogP contribution in [-0.2, 0) is 9.63 Å². The molecule has 0 N–H and O–H groups in total. The summed E-state index contributed by atoms with van der Waals surface area (Å²) in [5.74, 6) is -0.218. The minimum absolute atomic E-state index is 0.0178. The van der Waals surface area contributed by atoms with E-state index in [2.05, 4.69) is 13.8 Å². The predicted molar refractivity (Wildman–Crippen MR) is 46.4 cm³/mol. The van der Waals surface area contributed by atoms with Gasteiger partial charge in [-0.1, -0.05) is 6.42 Å². The quantitative estimate of drug-likeness (QED) is 0.601. The average Bonchev–Trinajstić information content (AvgIpc) is 1.92. The van der Waals surface area contributed by atoms with Gasteiger partial charge >= 0.3 is 5.97 Å². The second-order valence-electron chi connectivity index (χ2n) is 3.95. The maximum Gasteiger partial charge on any atom is 0.322 e. The van der Waals surface area contributed by atoms with Gasteiger partial charge in [0.1, 0.15) is 0 Å². The van der Waals surface area contributed by atoms with Gasteiger partial charge in [-0.3, -0.25) is 4.79 Å². The van der Waals surface area contributed by atoms with E-state index in [1.165, 1.54) is 13.3 Å². The van der Waals surface area contributed by atoms with E-state index in [0.717, 1.165) is 19.4 Å². The molecule has 3 heteroatoms. The van der Waals surface area contributed by atoms with Gasteiger partial charge in [0.05, 0.1) is 5.54 Å². The molecular formula is C9H17NO2. The second kappa shape index (κ2) is 3.44. The first-order valence-electron chi connectivity index (χ1n) is 4.48. The third kappa shape index (κ3) is 2.21. The second-order valence-corrected chi connectivity index (χ2v) is 3.95. The molecule has 0 spiro atoms. The molecule has 1 saturated heterocycles. The molecule has 1 fully saturated rings. The fraction of sp³-hybridized carbons (Fsp3) is 0.889. The summed E-state index contributed by atoms with van der Waals surface area (Å²) in [6, 6.07) is 0. The third-order valence-corrected chi connectivity index (χ3v) is 2.31. The van der Waals surface area contributed by atoms with E-state index in [1.807, 2.05) is 0 Å². The van der Waals surface area contributed by atoms with Gasteiger partial charge in [-0.25, -0.2) is 0 Å². The largest absolute Gasteiger partial charge is 0.368 e. The van der Waals surface area contributed by atoms with Crippen molar-refractivity contribution < 1.29 is 9.63 Å². The van der Waals surface area contributed by atoms with Crippen LogP contribution in [0.15, 0.2) is 0 Å². The fourth-order valence-corrected chi connectivity index (χ4v) is 1.56. The zero-order chi connectivity index (χ0) is 9.19. The minimum Gasteiger partial charge on any atom is -0.368 e. The molecule has 1 heterocycles. The first kappa shape index (κ1) is 9.52. The summed E-state index contributed by atoms with van der Waals surface area (Å²) in [7, 11) is 0. The molecule has 1 aliphatic heterocycles. The smallest absolute Gasteiger partial charge is 0.322 e. The Morgan fingerprint density at radius 2 is 2.08 bits per heavy atom. The summed E-state index contributed by atoms with van der Waals surface area (Å²) in [5, 5.41) is 1.80. The van der Waals surface area contributed by atoms with Crippen LogP contribution in [0.3, 0.4) is 0 Å². The van der Waals surface area contributed by atoms with E-state index in [9.17, 15) is 4.79 Å². The van der Waals surface area contributed by atoms with Gasteiger partial charge in [-0.05, 0) is 26.7 Å². The Morgan fingerprint density at radius 3 is 2.58 bits per heavy atom. The Bertz CT molecular complexity index is 177. The molecule has 0 aliphatic carbocycles. The molecule has 0 atom stereocenters. The van der Waals surface area contributed by atoms with Crippen LogP contribution in [0.1, 0.15) is 40.0 Å². The number of hydroxylamine groups is 2. The topological polar surface area (TPSA) is 29.5 Å². The Labute approximate surface area is 73.6 Å². The highest BCUT2D eigenvalue weighted by Crippen LogP contribution is 2.27. The van der Waals surface area contributed by atoms with Crippen molar-refractivity contribution >= 4 is 5.97 Å². The van der Waals surface area contributed by atoms with E-state index in [-0.39, 0.29) is 11.5 Å². The first-order chi connectivity index (χ1) is 5.52. The molecule has 0 aromatic heterocycles. The van der Waals surface area contributed by atoms with Crippen molar-refractivity contribution in [2.45, 2.75) is 45.6 Å². The van der Waals surface area contributed by atoms with E-state index < -0.39 is 0 Å². The molecule has 0 aromatic carbocycles. The van der Waals surface area contributed by atoms with Gasteiger partial charge in [0.25, 0.3) is 0 Å². The number of piperidine rings is 1. The Hall–Kier alpha value is -0.570. The van der Waals surface area contributed by atoms with Crippen molar-refractivity contribution in [3.63, 3.8) is 0 Å². The number of carbonyl (C=O) groups excluding carboxylic acids is 1. The van der Waals surface area contributed by atoms with Crippen molar-refractivity contribution in [1.29, 1.82) is 0 Å². The number of hydrogen-bond donors (Lipinski definition) is 0. The minimum atomic E-state index is -0.218. The summed E-state index contributed by atoms with van der Waals surface area (Å²) in [5.41, 5.74) is 0.0178. The number of nitrogens with zero attached hydrogens (tertiary/aromatic N) is 1. The summed E-state index contributed by atoms with van der Waals surface area (Å²) >= 11 is 0. The van der Waals surface area contributed by atoms with Gasteiger partial charge in [-0.2, -0.15) is 0 Å².